The molecule has 134 valence electrons. The van der Waals surface area contributed by atoms with Gasteiger partial charge in [-0.2, -0.15) is 18.2 Å². The third-order valence-corrected chi connectivity index (χ3v) is 3.74. The summed E-state index contributed by atoms with van der Waals surface area (Å²) in [7, 11) is 0. The lowest BCUT2D eigenvalue weighted by atomic mass is 10.1. The van der Waals surface area contributed by atoms with Gasteiger partial charge in [-0.15, -0.1) is 0 Å². The van der Waals surface area contributed by atoms with Gasteiger partial charge >= 0.3 is 6.18 Å². The molecule has 2 aromatic carbocycles. The Bertz CT molecular complexity index is 923. The highest BCUT2D eigenvalue weighted by Crippen LogP contribution is 2.35. The number of aryl methyl sites for hydroxylation is 2. The lowest BCUT2D eigenvalue weighted by Gasteiger charge is -2.15. The molecular formula is C19H17F3N4. The number of benzene rings is 2. The number of nitrogens with one attached hydrogen (secondary N) is 2. The first-order chi connectivity index (χ1) is 12.3. The molecule has 0 atom stereocenters. The van der Waals surface area contributed by atoms with E-state index in [-0.39, 0.29) is 11.5 Å². The van der Waals surface area contributed by atoms with E-state index >= 15 is 0 Å². The van der Waals surface area contributed by atoms with Crippen molar-refractivity contribution in [2.45, 2.75) is 20.0 Å². The maximum absolute atomic E-state index is 13.2. The molecule has 7 heteroatoms. The molecule has 0 aliphatic heterocycles. The first-order valence-corrected chi connectivity index (χ1v) is 7.94. The fourth-order valence-electron chi connectivity index (χ4n) is 2.50. The Labute approximate surface area is 149 Å². The molecule has 0 spiro atoms. The quantitative estimate of drug-likeness (QED) is 0.637. The van der Waals surface area contributed by atoms with E-state index in [1.807, 2.05) is 31.2 Å². The van der Waals surface area contributed by atoms with Gasteiger partial charge in [0, 0.05) is 17.4 Å². The SMILES string of the molecule is Cc1cc(Nc2ccccc2C(F)(F)F)nc(Nc2ccccc2C)n1. The smallest absolute Gasteiger partial charge is 0.340 e. The number of nitrogens with zero attached hydrogens (tertiary/aromatic N) is 2. The zero-order valence-corrected chi connectivity index (χ0v) is 14.2. The second kappa shape index (κ2) is 7.03. The molecule has 1 heterocycles. The molecule has 3 aromatic rings. The Morgan fingerprint density at radius 2 is 1.46 bits per heavy atom. The highest BCUT2D eigenvalue weighted by atomic mass is 19.4. The zero-order chi connectivity index (χ0) is 18.7. The number of hydrogen-bond donors (Lipinski definition) is 2. The van der Waals surface area contributed by atoms with Crippen LogP contribution < -0.4 is 10.6 Å². The minimum atomic E-state index is -4.45. The fraction of sp³-hybridized carbons (Fsp3) is 0.158. The van der Waals surface area contributed by atoms with Crippen molar-refractivity contribution in [1.29, 1.82) is 0 Å². The van der Waals surface area contributed by atoms with Crippen LogP contribution in [-0.4, -0.2) is 9.97 Å². The van der Waals surface area contributed by atoms with Gasteiger partial charge in [0.25, 0.3) is 0 Å². The summed E-state index contributed by atoms with van der Waals surface area (Å²) in [5.41, 5.74) is 1.67. The van der Waals surface area contributed by atoms with E-state index in [1.54, 1.807) is 13.0 Å². The van der Waals surface area contributed by atoms with Gasteiger partial charge in [-0.05, 0) is 37.6 Å². The molecule has 0 bridgehead atoms. The van der Waals surface area contributed by atoms with Gasteiger partial charge in [0.05, 0.1) is 11.3 Å². The lowest BCUT2D eigenvalue weighted by molar-refractivity contribution is -0.136. The Balaban J connectivity index is 1.91. The van der Waals surface area contributed by atoms with Crippen molar-refractivity contribution in [3.63, 3.8) is 0 Å². The van der Waals surface area contributed by atoms with E-state index in [9.17, 15) is 13.2 Å². The summed E-state index contributed by atoms with van der Waals surface area (Å²) in [6.45, 7) is 3.70. The van der Waals surface area contributed by atoms with E-state index in [2.05, 4.69) is 20.6 Å². The van der Waals surface area contributed by atoms with Gasteiger partial charge < -0.3 is 10.6 Å². The third-order valence-electron chi connectivity index (χ3n) is 3.74. The first-order valence-electron chi connectivity index (χ1n) is 7.94. The summed E-state index contributed by atoms with van der Waals surface area (Å²) in [6, 6.07) is 14.5. The molecule has 26 heavy (non-hydrogen) atoms. The van der Waals surface area contributed by atoms with Gasteiger partial charge in [-0.25, -0.2) is 4.98 Å². The van der Waals surface area contributed by atoms with Crippen molar-refractivity contribution in [1.82, 2.24) is 9.97 Å². The molecule has 0 saturated carbocycles. The van der Waals surface area contributed by atoms with Crippen LogP contribution in [0.1, 0.15) is 16.8 Å². The normalized spacial score (nSPS) is 11.3. The highest BCUT2D eigenvalue weighted by molar-refractivity contribution is 5.64. The predicted octanol–water partition coefficient (Wildman–Crippen LogP) is 5.60. The average molecular weight is 358 g/mol. The number of rotatable bonds is 4. The van der Waals surface area contributed by atoms with Gasteiger partial charge in [0.15, 0.2) is 0 Å². The van der Waals surface area contributed by atoms with Crippen LogP contribution in [0.5, 0.6) is 0 Å². The maximum atomic E-state index is 13.2. The molecule has 1 aromatic heterocycles. The van der Waals surface area contributed by atoms with Crippen LogP contribution in [0.4, 0.5) is 36.3 Å². The summed E-state index contributed by atoms with van der Waals surface area (Å²) in [4.78, 5) is 8.59. The van der Waals surface area contributed by atoms with Gasteiger partial charge in [-0.1, -0.05) is 30.3 Å². The molecule has 0 saturated heterocycles. The van der Waals surface area contributed by atoms with Crippen molar-refractivity contribution < 1.29 is 13.2 Å². The number of aromatic nitrogens is 2. The highest BCUT2D eigenvalue weighted by Gasteiger charge is 2.33. The van der Waals surface area contributed by atoms with Crippen LogP contribution >= 0.6 is 0 Å². The minimum absolute atomic E-state index is 0.0556. The zero-order valence-electron chi connectivity index (χ0n) is 14.2. The third kappa shape index (κ3) is 4.11. The molecule has 0 aliphatic carbocycles. The molecule has 0 amide bonds. The summed E-state index contributed by atoms with van der Waals surface area (Å²) >= 11 is 0. The number of anilines is 4. The Morgan fingerprint density at radius 1 is 0.808 bits per heavy atom. The van der Waals surface area contributed by atoms with E-state index in [1.165, 1.54) is 18.2 Å². The largest absolute Gasteiger partial charge is 0.418 e. The Morgan fingerprint density at radius 3 is 2.15 bits per heavy atom. The molecule has 4 nitrogen and oxygen atoms in total. The minimum Gasteiger partial charge on any atom is -0.340 e. The molecule has 2 N–H and O–H groups in total. The lowest BCUT2D eigenvalue weighted by Crippen LogP contribution is -2.09. The number of hydrogen-bond acceptors (Lipinski definition) is 4. The Hall–Kier alpha value is -3.09. The molecule has 0 unspecified atom stereocenters. The number of alkyl halides is 3. The van der Waals surface area contributed by atoms with Crippen molar-refractivity contribution in [3.05, 3.63) is 71.4 Å². The number of halogens is 3. The van der Waals surface area contributed by atoms with Crippen molar-refractivity contribution in [2.24, 2.45) is 0 Å². The number of para-hydroxylation sites is 2. The summed E-state index contributed by atoms with van der Waals surface area (Å²) in [5, 5.41) is 5.85. The summed E-state index contributed by atoms with van der Waals surface area (Å²) < 4.78 is 39.5. The molecule has 0 radical (unpaired) electrons. The summed E-state index contributed by atoms with van der Waals surface area (Å²) in [6.07, 6.45) is -4.45. The Kier molecular flexibility index (Phi) is 4.79. The molecule has 0 aliphatic rings. The van der Waals surface area contributed by atoms with Crippen molar-refractivity contribution in [2.75, 3.05) is 10.6 Å². The topological polar surface area (TPSA) is 49.8 Å². The second-order valence-electron chi connectivity index (χ2n) is 5.83. The van der Waals surface area contributed by atoms with Crippen LogP contribution in [-0.2, 0) is 6.18 Å². The average Bonchev–Trinajstić information content (AvgIpc) is 2.56. The van der Waals surface area contributed by atoms with Crippen LogP contribution in [0, 0.1) is 13.8 Å². The van der Waals surface area contributed by atoms with Crippen LogP contribution in [0.25, 0.3) is 0 Å². The van der Waals surface area contributed by atoms with E-state index < -0.39 is 11.7 Å². The van der Waals surface area contributed by atoms with Crippen LogP contribution in [0.2, 0.25) is 0 Å². The van der Waals surface area contributed by atoms with Gasteiger partial charge in [-0.3, -0.25) is 0 Å². The molecule has 0 fully saturated rings. The molecular weight excluding hydrogens is 341 g/mol. The standard InChI is InChI=1S/C19H17F3N4/c1-12-7-3-5-9-15(12)25-18-23-13(2)11-17(26-18)24-16-10-6-4-8-14(16)19(20,21)22/h3-11H,1-2H3,(H2,23,24,25,26). The summed E-state index contributed by atoms with van der Waals surface area (Å²) in [5.74, 6) is 0.594. The predicted molar refractivity (Wildman–Crippen MR) is 96.0 cm³/mol. The van der Waals surface area contributed by atoms with Crippen molar-refractivity contribution in [3.8, 4) is 0 Å². The fourth-order valence-corrected chi connectivity index (χ4v) is 2.50. The van der Waals surface area contributed by atoms with Gasteiger partial charge in [0.2, 0.25) is 5.95 Å². The molecule has 3 rings (SSSR count). The van der Waals surface area contributed by atoms with Crippen LogP contribution in [0.15, 0.2) is 54.6 Å². The van der Waals surface area contributed by atoms with E-state index in [0.717, 1.165) is 17.3 Å². The van der Waals surface area contributed by atoms with E-state index in [0.29, 0.717) is 11.6 Å². The van der Waals surface area contributed by atoms with E-state index in [4.69, 9.17) is 0 Å². The second-order valence-corrected chi connectivity index (χ2v) is 5.83. The van der Waals surface area contributed by atoms with Crippen molar-refractivity contribution >= 4 is 23.1 Å². The maximum Gasteiger partial charge on any atom is 0.418 e. The monoisotopic (exact) mass is 358 g/mol. The first kappa shape index (κ1) is 17.7. The van der Waals surface area contributed by atoms with Gasteiger partial charge in [0.1, 0.15) is 5.82 Å². The van der Waals surface area contributed by atoms with Crippen LogP contribution in [0.3, 0.4) is 0 Å².